The molecule has 0 atom stereocenters. The summed E-state index contributed by atoms with van der Waals surface area (Å²) in [6, 6.07) is 3.38. The van der Waals surface area contributed by atoms with E-state index in [2.05, 4.69) is 10.2 Å². The molecule has 0 radical (unpaired) electrons. The molecule has 6 nitrogen and oxygen atoms in total. The lowest BCUT2D eigenvalue weighted by atomic mass is 10.1. The largest absolute Gasteiger partial charge is 0.477 e. The van der Waals surface area contributed by atoms with E-state index in [1.807, 2.05) is 0 Å². The topological polar surface area (TPSA) is 100 Å². The first kappa shape index (κ1) is 14.2. The van der Waals surface area contributed by atoms with Gasteiger partial charge in [-0.05, 0) is 30.7 Å². The fourth-order valence-corrected chi connectivity index (χ4v) is 2.79. The van der Waals surface area contributed by atoms with Crippen molar-refractivity contribution in [1.29, 1.82) is 0 Å². The smallest absolute Gasteiger partial charge is 0.353 e. The Morgan fingerprint density at radius 2 is 2.00 bits per heavy atom. The maximum absolute atomic E-state index is 13.9. The molecule has 8 heteroatoms. The normalized spacial score (nSPS) is 11.6. The van der Waals surface area contributed by atoms with E-state index >= 15 is 0 Å². The van der Waals surface area contributed by atoms with Gasteiger partial charge in [-0.25, -0.2) is 17.6 Å². The van der Waals surface area contributed by atoms with Gasteiger partial charge in [0.2, 0.25) is 0 Å². The first-order chi connectivity index (χ1) is 9.20. The number of aryl methyl sites for hydroxylation is 1. The molecule has 2 N–H and O–H groups in total. The number of hydrogen-bond donors (Lipinski definition) is 2. The van der Waals surface area contributed by atoms with E-state index in [1.165, 1.54) is 6.92 Å². The standard InChI is InChI=1S/C12H11FN2O4S/c1-6-3-8(13)7(4-11(6)20(2,18)19)9-5-10(12(16)17)15-14-9/h3-5H,1-2H3,(H,14,15)(H,16,17). The van der Waals surface area contributed by atoms with Gasteiger partial charge in [-0.15, -0.1) is 0 Å². The van der Waals surface area contributed by atoms with E-state index < -0.39 is 21.6 Å². The van der Waals surface area contributed by atoms with Crippen molar-refractivity contribution in [2.45, 2.75) is 11.8 Å². The lowest BCUT2D eigenvalue weighted by molar-refractivity contribution is 0.0690. The summed E-state index contributed by atoms with van der Waals surface area (Å²) < 4.78 is 37.2. The van der Waals surface area contributed by atoms with Crippen molar-refractivity contribution >= 4 is 15.8 Å². The van der Waals surface area contributed by atoms with Gasteiger partial charge in [-0.1, -0.05) is 0 Å². The number of nitrogens with zero attached hydrogens (tertiary/aromatic N) is 1. The van der Waals surface area contributed by atoms with Gasteiger partial charge in [0.25, 0.3) is 0 Å². The van der Waals surface area contributed by atoms with Crippen LogP contribution in [0.4, 0.5) is 4.39 Å². The molecule has 0 aliphatic heterocycles. The molecule has 0 aliphatic carbocycles. The van der Waals surface area contributed by atoms with Gasteiger partial charge < -0.3 is 5.11 Å². The van der Waals surface area contributed by atoms with Crippen LogP contribution in [0.1, 0.15) is 16.1 Å². The second-order valence-corrected chi connectivity index (χ2v) is 6.33. The van der Waals surface area contributed by atoms with Crippen molar-refractivity contribution < 1.29 is 22.7 Å². The van der Waals surface area contributed by atoms with Crippen LogP contribution in [-0.4, -0.2) is 35.9 Å². The molecule has 2 aromatic rings. The van der Waals surface area contributed by atoms with Crippen LogP contribution in [0.3, 0.4) is 0 Å². The number of halogens is 1. The number of aromatic amines is 1. The Hall–Kier alpha value is -2.22. The lowest BCUT2D eigenvalue weighted by Gasteiger charge is -2.07. The van der Waals surface area contributed by atoms with Gasteiger partial charge in [0, 0.05) is 11.8 Å². The molecule has 0 bridgehead atoms. The molecule has 1 aromatic carbocycles. The molecule has 20 heavy (non-hydrogen) atoms. The minimum absolute atomic E-state index is 0.0197. The molecule has 0 aliphatic rings. The summed E-state index contributed by atoms with van der Waals surface area (Å²) in [5.74, 6) is -1.90. The number of aromatic carboxylic acids is 1. The Balaban J connectivity index is 2.64. The van der Waals surface area contributed by atoms with Crippen molar-refractivity contribution in [3.05, 3.63) is 35.3 Å². The van der Waals surface area contributed by atoms with Gasteiger partial charge in [0.15, 0.2) is 9.84 Å². The zero-order valence-electron chi connectivity index (χ0n) is 10.6. The van der Waals surface area contributed by atoms with Crippen LogP contribution < -0.4 is 0 Å². The minimum atomic E-state index is -3.51. The summed E-state index contributed by atoms with van der Waals surface area (Å²) >= 11 is 0. The number of carbonyl (C=O) groups is 1. The zero-order chi connectivity index (χ0) is 15.1. The summed E-state index contributed by atoms with van der Waals surface area (Å²) in [6.45, 7) is 1.48. The monoisotopic (exact) mass is 298 g/mol. The molecular formula is C12H11FN2O4S. The predicted molar refractivity (Wildman–Crippen MR) is 68.8 cm³/mol. The van der Waals surface area contributed by atoms with Crippen LogP contribution in [-0.2, 0) is 9.84 Å². The minimum Gasteiger partial charge on any atom is -0.477 e. The second kappa shape index (κ2) is 4.71. The number of sulfone groups is 1. The third-order valence-corrected chi connectivity index (χ3v) is 3.99. The first-order valence-electron chi connectivity index (χ1n) is 5.49. The van der Waals surface area contributed by atoms with Gasteiger partial charge in [-0.3, -0.25) is 5.10 Å². The SMILES string of the molecule is Cc1cc(F)c(-c2cc(C(=O)O)[nH]n2)cc1S(C)(=O)=O. The highest BCUT2D eigenvalue weighted by Gasteiger charge is 2.18. The maximum atomic E-state index is 13.9. The van der Waals surface area contributed by atoms with E-state index in [0.717, 1.165) is 24.5 Å². The Labute approximate surface area is 114 Å². The third kappa shape index (κ3) is 2.55. The highest BCUT2D eigenvalue weighted by molar-refractivity contribution is 7.90. The van der Waals surface area contributed by atoms with E-state index in [1.54, 1.807) is 0 Å². The number of H-pyrrole nitrogens is 1. The van der Waals surface area contributed by atoms with Crippen LogP contribution in [0.15, 0.2) is 23.1 Å². The number of nitrogens with one attached hydrogen (secondary N) is 1. The summed E-state index contributed by atoms with van der Waals surface area (Å²) in [7, 11) is -3.51. The maximum Gasteiger partial charge on any atom is 0.353 e. The average molecular weight is 298 g/mol. The summed E-state index contributed by atoms with van der Waals surface area (Å²) in [5.41, 5.74) is 0.0354. The van der Waals surface area contributed by atoms with Crippen molar-refractivity contribution in [3.63, 3.8) is 0 Å². The van der Waals surface area contributed by atoms with Crippen molar-refractivity contribution in [2.75, 3.05) is 6.26 Å². The van der Waals surface area contributed by atoms with E-state index in [9.17, 15) is 17.6 Å². The van der Waals surface area contributed by atoms with Crippen LogP contribution >= 0.6 is 0 Å². The van der Waals surface area contributed by atoms with Gasteiger partial charge in [0.05, 0.1) is 10.6 Å². The zero-order valence-corrected chi connectivity index (χ0v) is 11.5. The van der Waals surface area contributed by atoms with Crippen molar-refractivity contribution in [1.82, 2.24) is 10.2 Å². The molecule has 2 rings (SSSR count). The Kier molecular flexibility index (Phi) is 3.34. The molecule has 106 valence electrons. The van der Waals surface area contributed by atoms with Crippen LogP contribution in [0, 0.1) is 12.7 Å². The fourth-order valence-electron chi connectivity index (χ4n) is 1.82. The number of aromatic nitrogens is 2. The lowest BCUT2D eigenvalue weighted by Crippen LogP contribution is -2.02. The second-order valence-electron chi connectivity index (χ2n) is 4.34. The first-order valence-corrected chi connectivity index (χ1v) is 7.38. The number of hydrogen-bond acceptors (Lipinski definition) is 4. The number of rotatable bonds is 3. The van der Waals surface area contributed by atoms with Crippen molar-refractivity contribution in [3.8, 4) is 11.3 Å². The van der Waals surface area contributed by atoms with Crippen LogP contribution in [0.2, 0.25) is 0 Å². The molecule has 0 saturated heterocycles. The van der Waals surface area contributed by atoms with Gasteiger partial charge >= 0.3 is 5.97 Å². The number of benzene rings is 1. The molecular weight excluding hydrogens is 287 g/mol. The molecule has 0 unspecified atom stereocenters. The molecule has 0 fully saturated rings. The average Bonchev–Trinajstić information content (AvgIpc) is 2.76. The molecule has 0 spiro atoms. The summed E-state index contributed by atoms with van der Waals surface area (Å²) in [4.78, 5) is 10.7. The molecule has 1 heterocycles. The highest BCUT2D eigenvalue weighted by Crippen LogP contribution is 2.27. The Bertz CT molecular complexity index is 796. The van der Waals surface area contributed by atoms with Crippen LogP contribution in [0.5, 0.6) is 0 Å². The third-order valence-electron chi connectivity index (χ3n) is 2.75. The highest BCUT2D eigenvalue weighted by atomic mass is 32.2. The van der Waals surface area contributed by atoms with Gasteiger partial charge in [-0.2, -0.15) is 5.10 Å². The van der Waals surface area contributed by atoms with Crippen molar-refractivity contribution in [2.24, 2.45) is 0 Å². The molecule has 0 saturated carbocycles. The predicted octanol–water partition coefficient (Wildman–Crippen LogP) is 1.63. The van der Waals surface area contributed by atoms with Crippen LogP contribution in [0.25, 0.3) is 11.3 Å². The number of carboxylic acid groups (broad SMARTS) is 1. The fraction of sp³-hybridized carbons (Fsp3) is 0.167. The van der Waals surface area contributed by atoms with E-state index in [-0.39, 0.29) is 27.4 Å². The van der Waals surface area contributed by atoms with Gasteiger partial charge in [0.1, 0.15) is 11.5 Å². The quantitative estimate of drug-likeness (QED) is 0.839. The summed E-state index contributed by atoms with van der Waals surface area (Å²) in [6.07, 6.45) is 1.02. The Morgan fingerprint density at radius 1 is 1.35 bits per heavy atom. The summed E-state index contributed by atoms with van der Waals surface area (Å²) in [5, 5.41) is 14.7. The molecule has 0 amide bonds. The Morgan fingerprint density at radius 3 is 2.50 bits per heavy atom. The van der Waals surface area contributed by atoms with E-state index in [4.69, 9.17) is 5.11 Å². The van der Waals surface area contributed by atoms with E-state index in [0.29, 0.717) is 0 Å². The molecule has 1 aromatic heterocycles. The number of carboxylic acids is 1.